The summed E-state index contributed by atoms with van der Waals surface area (Å²) in [7, 11) is 0. The lowest BCUT2D eigenvalue weighted by Gasteiger charge is -2.07. The first-order valence-corrected chi connectivity index (χ1v) is 8.89. The van der Waals surface area contributed by atoms with Crippen molar-refractivity contribution in [2.45, 2.75) is 38.8 Å². The number of hydrogen-bond acceptors (Lipinski definition) is 4. The van der Waals surface area contributed by atoms with Crippen LogP contribution < -0.4 is 10.6 Å². The molecule has 1 aromatic carbocycles. The number of aromatic nitrogens is 1. The third kappa shape index (κ3) is 8.86. The molecule has 5 nitrogen and oxygen atoms in total. The van der Waals surface area contributed by atoms with Gasteiger partial charge in [0, 0.05) is 25.5 Å². The molecule has 1 aromatic heterocycles. The monoisotopic (exact) mass is 341 g/mol. The zero-order valence-electron chi connectivity index (χ0n) is 14.6. The molecule has 0 fully saturated rings. The lowest BCUT2D eigenvalue weighted by molar-refractivity contribution is 0.139. The summed E-state index contributed by atoms with van der Waals surface area (Å²) < 4.78 is 5.17. The topological polar surface area (TPSA) is 63.2 Å². The highest BCUT2D eigenvalue weighted by atomic mass is 16.5. The van der Waals surface area contributed by atoms with Crippen molar-refractivity contribution in [2.75, 3.05) is 13.1 Å². The first-order chi connectivity index (χ1) is 12.3. The number of rotatable bonds is 11. The quantitative estimate of drug-likeness (QED) is 0.612. The maximum absolute atomic E-state index is 11.6. The summed E-state index contributed by atoms with van der Waals surface area (Å²) in [5, 5.41) is 6.22. The Morgan fingerprint density at radius 2 is 1.60 bits per heavy atom. The van der Waals surface area contributed by atoms with Gasteiger partial charge in [-0.3, -0.25) is 4.98 Å². The first-order valence-electron chi connectivity index (χ1n) is 8.89. The fourth-order valence-corrected chi connectivity index (χ4v) is 2.43. The van der Waals surface area contributed by atoms with Crippen LogP contribution in [-0.2, 0) is 17.9 Å². The van der Waals surface area contributed by atoms with Gasteiger partial charge in [-0.05, 0) is 42.6 Å². The molecular formula is C20H27N3O2. The van der Waals surface area contributed by atoms with E-state index in [1.807, 2.05) is 54.9 Å². The van der Waals surface area contributed by atoms with E-state index in [4.69, 9.17) is 4.74 Å². The molecule has 0 aliphatic heterocycles. The van der Waals surface area contributed by atoms with Crippen molar-refractivity contribution < 1.29 is 9.53 Å². The van der Waals surface area contributed by atoms with E-state index in [9.17, 15) is 4.79 Å². The highest BCUT2D eigenvalue weighted by Crippen LogP contribution is 2.02. The predicted molar refractivity (Wildman–Crippen MR) is 99.0 cm³/mol. The van der Waals surface area contributed by atoms with Crippen molar-refractivity contribution in [2.24, 2.45) is 0 Å². The van der Waals surface area contributed by atoms with E-state index < -0.39 is 0 Å². The normalized spacial score (nSPS) is 10.4. The van der Waals surface area contributed by atoms with Gasteiger partial charge in [-0.1, -0.05) is 43.2 Å². The molecule has 0 saturated heterocycles. The Kier molecular flexibility index (Phi) is 9.11. The molecule has 2 aromatic rings. The number of carbonyl (C=O) groups is 1. The van der Waals surface area contributed by atoms with E-state index in [0.717, 1.165) is 44.3 Å². The fourth-order valence-electron chi connectivity index (χ4n) is 2.43. The first kappa shape index (κ1) is 18.9. The second-order valence-electron chi connectivity index (χ2n) is 5.93. The summed E-state index contributed by atoms with van der Waals surface area (Å²) in [5.74, 6) is 0. The van der Waals surface area contributed by atoms with Crippen LogP contribution >= 0.6 is 0 Å². The van der Waals surface area contributed by atoms with Crippen LogP contribution in [0.2, 0.25) is 0 Å². The molecular weight excluding hydrogens is 314 g/mol. The van der Waals surface area contributed by atoms with Crippen LogP contribution in [0.3, 0.4) is 0 Å². The van der Waals surface area contributed by atoms with Gasteiger partial charge in [0.1, 0.15) is 6.61 Å². The summed E-state index contributed by atoms with van der Waals surface area (Å²) in [5.41, 5.74) is 2.25. The second kappa shape index (κ2) is 12.0. The average molecular weight is 341 g/mol. The lowest BCUT2D eigenvalue weighted by atomic mass is 10.2. The fraction of sp³-hybridized carbons (Fsp3) is 0.400. The molecule has 0 radical (unpaired) electrons. The number of alkyl carbamates (subject to hydrolysis) is 1. The molecule has 1 heterocycles. The van der Waals surface area contributed by atoms with E-state index in [2.05, 4.69) is 15.6 Å². The van der Waals surface area contributed by atoms with Crippen LogP contribution in [0.1, 0.15) is 36.8 Å². The Bertz CT molecular complexity index is 590. The molecule has 2 rings (SSSR count). The van der Waals surface area contributed by atoms with Crippen molar-refractivity contribution in [3.05, 3.63) is 66.0 Å². The van der Waals surface area contributed by atoms with Crippen molar-refractivity contribution in [1.29, 1.82) is 0 Å². The zero-order valence-corrected chi connectivity index (χ0v) is 14.6. The van der Waals surface area contributed by atoms with Gasteiger partial charge in [-0.2, -0.15) is 0 Å². The minimum Gasteiger partial charge on any atom is -0.445 e. The zero-order chi connectivity index (χ0) is 17.6. The summed E-state index contributed by atoms with van der Waals surface area (Å²) in [6.45, 7) is 2.88. The van der Waals surface area contributed by atoms with E-state index in [-0.39, 0.29) is 6.09 Å². The third-order valence-corrected chi connectivity index (χ3v) is 3.84. The van der Waals surface area contributed by atoms with Gasteiger partial charge in [-0.25, -0.2) is 4.79 Å². The number of unbranched alkanes of at least 4 members (excludes halogenated alkanes) is 3. The number of pyridine rings is 1. The van der Waals surface area contributed by atoms with E-state index in [1.165, 1.54) is 5.56 Å². The predicted octanol–water partition coefficient (Wildman–Crippen LogP) is 3.66. The van der Waals surface area contributed by atoms with Gasteiger partial charge < -0.3 is 15.4 Å². The Balaban J connectivity index is 1.38. The number of benzene rings is 1. The Morgan fingerprint density at radius 1 is 0.880 bits per heavy atom. The SMILES string of the molecule is O=C(NCCCCCCNCc1ccncc1)OCc1ccccc1. The molecule has 0 atom stereocenters. The van der Waals surface area contributed by atoms with E-state index in [0.29, 0.717) is 13.2 Å². The molecule has 5 heteroatoms. The Hall–Kier alpha value is -2.40. The molecule has 1 amide bonds. The van der Waals surface area contributed by atoms with Crippen LogP contribution in [0.15, 0.2) is 54.9 Å². The van der Waals surface area contributed by atoms with E-state index >= 15 is 0 Å². The standard InChI is InChI=1S/C20H27N3O2/c24-20(25-17-19-8-4-3-5-9-19)23-13-7-2-1-6-12-22-16-18-10-14-21-15-11-18/h3-5,8-11,14-15,22H,1-2,6-7,12-13,16-17H2,(H,23,24). The van der Waals surface area contributed by atoms with Gasteiger partial charge in [0.2, 0.25) is 0 Å². The molecule has 0 aliphatic rings. The highest BCUT2D eigenvalue weighted by Gasteiger charge is 2.01. The molecule has 134 valence electrons. The Labute approximate surface area is 149 Å². The number of carbonyl (C=O) groups excluding carboxylic acids is 1. The van der Waals surface area contributed by atoms with Crippen molar-refractivity contribution in [3.8, 4) is 0 Å². The smallest absolute Gasteiger partial charge is 0.407 e. The molecule has 0 aliphatic carbocycles. The minimum absolute atomic E-state index is 0.315. The van der Waals surface area contributed by atoms with Gasteiger partial charge in [-0.15, -0.1) is 0 Å². The minimum atomic E-state index is -0.345. The number of nitrogens with one attached hydrogen (secondary N) is 2. The highest BCUT2D eigenvalue weighted by molar-refractivity contribution is 5.67. The van der Waals surface area contributed by atoms with Crippen LogP contribution in [-0.4, -0.2) is 24.2 Å². The number of hydrogen-bond donors (Lipinski definition) is 2. The summed E-state index contributed by atoms with van der Waals surface area (Å²) in [6.07, 6.45) is 7.67. The van der Waals surface area contributed by atoms with Gasteiger partial charge in [0.15, 0.2) is 0 Å². The number of ether oxygens (including phenoxy) is 1. The lowest BCUT2D eigenvalue weighted by Crippen LogP contribution is -2.25. The molecule has 25 heavy (non-hydrogen) atoms. The maximum atomic E-state index is 11.6. The maximum Gasteiger partial charge on any atom is 0.407 e. The third-order valence-electron chi connectivity index (χ3n) is 3.84. The Morgan fingerprint density at radius 3 is 2.36 bits per heavy atom. The van der Waals surface area contributed by atoms with Crippen molar-refractivity contribution in [3.63, 3.8) is 0 Å². The second-order valence-corrected chi connectivity index (χ2v) is 5.93. The number of nitrogens with zero attached hydrogens (tertiary/aromatic N) is 1. The molecule has 0 unspecified atom stereocenters. The van der Waals surface area contributed by atoms with Crippen LogP contribution in [0.5, 0.6) is 0 Å². The molecule has 0 saturated carbocycles. The summed E-state index contributed by atoms with van der Waals surface area (Å²) >= 11 is 0. The largest absolute Gasteiger partial charge is 0.445 e. The average Bonchev–Trinajstić information content (AvgIpc) is 2.66. The van der Waals surface area contributed by atoms with Gasteiger partial charge in [0.25, 0.3) is 0 Å². The summed E-state index contributed by atoms with van der Waals surface area (Å²) in [6, 6.07) is 13.7. The van der Waals surface area contributed by atoms with E-state index in [1.54, 1.807) is 0 Å². The van der Waals surface area contributed by atoms with Crippen LogP contribution in [0.25, 0.3) is 0 Å². The van der Waals surface area contributed by atoms with Gasteiger partial charge in [0.05, 0.1) is 0 Å². The van der Waals surface area contributed by atoms with Crippen LogP contribution in [0.4, 0.5) is 4.79 Å². The van der Waals surface area contributed by atoms with Gasteiger partial charge >= 0.3 is 6.09 Å². The molecule has 2 N–H and O–H groups in total. The van der Waals surface area contributed by atoms with Crippen molar-refractivity contribution in [1.82, 2.24) is 15.6 Å². The van der Waals surface area contributed by atoms with Crippen molar-refractivity contribution >= 4 is 6.09 Å². The molecule has 0 bridgehead atoms. The summed E-state index contributed by atoms with van der Waals surface area (Å²) in [4.78, 5) is 15.6. The van der Waals surface area contributed by atoms with Crippen LogP contribution in [0, 0.1) is 0 Å². The molecule has 0 spiro atoms. The number of amides is 1.